The van der Waals surface area contributed by atoms with Crippen LogP contribution < -0.4 is 0 Å². The normalized spacial score (nSPS) is 37.6. The van der Waals surface area contributed by atoms with Gasteiger partial charge in [0.25, 0.3) is 0 Å². The molecule has 0 saturated heterocycles. The molecule has 0 unspecified atom stereocenters. The zero-order chi connectivity index (χ0) is 22.2. The minimum Gasteiger partial charge on any atom is -0.390 e. The maximum absolute atomic E-state index is 11.1. The Morgan fingerprint density at radius 2 is 2.07 bits per heavy atom. The number of hydrogen-bond donors (Lipinski definition) is 3. The summed E-state index contributed by atoms with van der Waals surface area (Å²) in [5, 5.41) is 31.6. The second kappa shape index (κ2) is 8.97. The van der Waals surface area contributed by atoms with Gasteiger partial charge in [-0.1, -0.05) is 49.8 Å². The minimum absolute atomic E-state index is 0.292. The van der Waals surface area contributed by atoms with Gasteiger partial charge in [0.2, 0.25) is 0 Å². The van der Waals surface area contributed by atoms with Gasteiger partial charge in [-0.25, -0.2) is 0 Å². The maximum Gasteiger partial charge on any atom is 0.117 e. The van der Waals surface area contributed by atoms with Crippen molar-refractivity contribution in [3.63, 3.8) is 0 Å². The molecule has 30 heavy (non-hydrogen) atoms. The number of aliphatic hydroxyl groups excluding tert-OH is 1. The molecular formula is C26H40O3S. The predicted octanol–water partition coefficient (Wildman–Crippen LogP) is 5.68. The van der Waals surface area contributed by atoms with E-state index in [0.29, 0.717) is 36.3 Å². The van der Waals surface area contributed by atoms with Crippen LogP contribution in [0.15, 0.2) is 47.1 Å². The van der Waals surface area contributed by atoms with Gasteiger partial charge >= 0.3 is 0 Å². The van der Waals surface area contributed by atoms with Gasteiger partial charge in [-0.05, 0) is 80.6 Å². The van der Waals surface area contributed by atoms with Gasteiger partial charge in [0.15, 0.2) is 0 Å². The smallest absolute Gasteiger partial charge is 0.117 e. The number of allylic oxidation sites excluding steroid dienone is 5. The summed E-state index contributed by atoms with van der Waals surface area (Å²) in [6.45, 7) is 12.4. The summed E-state index contributed by atoms with van der Waals surface area (Å²) < 4.78 is 0. The average molecular weight is 433 g/mol. The van der Waals surface area contributed by atoms with Crippen LogP contribution in [0.2, 0.25) is 0 Å². The van der Waals surface area contributed by atoms with Crippen molar-refractivity contribution in [3.8, 4) is 0 Å². The first-order valence-electron chi connectivity index (χ1n) is 11.5. The van der Waals surface area contributed by atoms with Crippen LogP contribution in [0.25, 0.3) is 0 Å². The van der Waals surface area contributed by atoms with Gasteiger partial charge in [-0.15, -0.1) is 11.8 Å². The molecule has 3 rings (SSSR count). The third-order valence-electron chi connectivity index (χ3n) is 7.47. The lowest BCUT2D eigenvalue weighted by Crippen LogP contribution is -2.37. The number of hydrogen-bond acceptors (Lipinski definition) is 4. The molecule has 2 saturated carbocycles. The molecule has 3 N–H and O–H groups in total. The topological polar surface area (TPSA) is 60.7 Å². The number of fused-ring (bicyclic) bond motifs is 1. The second-order valence-corrected chi connectivity index (χ2v) is 11.8. The Bertz CT molecular complexity index is 757. The SMILES string of the molecule is C=C1C(=CC=C2CCC[C@]3(C)C(CC)=CC[C@H]23)C[C@](O)(SCCC(C)(C)O)C[C@@H]1O. The van der Waals surface area contributed by atoms with Crippen molar-refractivity contribution in [3.05, 3.63) is 47.1 Å². The van der Waals surface area contributed by atoms with Crippen molar-refractivity contribution in [1.82, 2.24) is 0 Å². The summed E-state index contributed by atoms with van der Waals surface area (Å²) in [7, 11) is 0. The third kappa shape index (κ3) is 5.15. The van der Waals surface area contributed by atoms with E-state index in [4.69, 9.17) is 0 Å². The zero-order valence-electron chi connectivity index (χ0n) is 19.2. The molecule has 0 spiro atoms. The first kappa shape index (κ1) is 23.8. The highest BCUT2D eigenvalue weighted by Crippen LogP contribution is 2.55. The van der Waals surface area contributed by atoms with E-state index in [0.717, 1.165) is 30.4 Å². The van der Waals surface area contributed by atoms with Crippen molar-refractivity contribution < 1.29 is 15.3 Å². The summed E-state index contributed by atoms with van der Waals surface area (Å²) in [4.78, 5) is -1.01. The van der Waals surface area contributed by atoms with Gasteiger partial charge in [-0.2, -0.15) is 0 Å². The third-order valence-corrected chi connectivity index (χ3v) is 8.73. The first-order chi connectivity index (χ1) is 14.0. The standard InChI is InChI=1S/C26H40O3S/c1-6-21-11-12-22-19(8-7-13-25(21,22)5)9-10-20-16-26(29,17-23(27)18(20)2)30-15-14-24(3,4)28/h9-11,22-23,27-29H,2,6-8,12-17H2,1,3-5H3/t22-,23+,25-,26+/m1/s1. The fourth-order valence-electron chi connectivity index (χ4n) is 5.55. The molecular weight excluding hydrogens is 392 g/mol. The molecule has 0 aliphatic heterocycles. The lowest BCUT2D eigenvalue weighted by atomic mass is 9.64. The van der Waals surface area contributed by atoms with Crippen LogP contribution in [0.4, 0.5) is 0 Å². The Kier molecular flexibility index (Phi) is 7.13. The van der Waals surface area contributed by atoms with Gasteiger partial charge in [-0.3, -0.25) is 0 Å². The maximum atomic E-state index is 11.1. The highest BCUT2D eigenvalue weighted by atomic mass is 32.2. The van der Waals surface area contributed by atoms with Crippen LogP contribution in [0.3, 0.4) is 0 Å². The second-order valence-electron chi connectivity index (χ2n) is 10.4. The fraction of sp³-hybridized carbons (Fsp3) is 0.692. The highest BCUT2D eigenvalue weighted by Gasteiger charge is 2.44. The Hall–Kier alpha value is -0.810. The number of aliphatic hydroxyl groups is 3. The lowest BCUT2D eigenvalue weighted by Gasteiger charge is -2.41. The molecule has 4 atom stereocenters. The van der Waals surface area contributed by atoms with E-state index in [1.807, 2.05) is 0 Å². The van der Waals surface area contributed by atoms with E-state index in [1.54, 1.807) is 19.4 Å². The molecule has 0 radical (unpaired) electrons. The lowest BCUT2D eigenvalue weighted by molar-refractivity contribution is 0.0593. The van der Waals surface area contributed by atoms with E-state index in [-0.39, 0.29) is 0 Å². The van der Waals surface area contributed by atoms with Crippen molar-refractivity contribution in [2.24, 2.45) is 11.3 Å². The minimum atomic E-state index is -1.01. The molecule has 3 aliphatic carbocycles. The molecule has 0 aromatic carbocycles. The van der Waals surface area contributed by atoms with Crippen molar-refractivity contribution in [2.75, 3.05) is 5.75 Å². The van der Waals surface area contributed by atoms with Crippen LogP contribution in [0.1, 0.15) is 79.1 Å². The van der Waals surface area contributed by atoms with E-state index in [1.165, 1.54) is 30.2 Å². The molecule has 0 aromatic heterocycles. The number of thioether (sulfide) groups is 1. The fourth-order valence-corrected chi connectivity index (χ4v) is 7.07. The first-order valence-corrected chi connectivity index (χ1v) is 12.5. The van der Waals surface area contributed by atoms with E-state index < -0.39 is 16.6 Å². The van der Waals surface area contributed by atoms with Gasteiger partial charge in [0.1, 0.15) is 4.93 Å². The van der Waals surface area contributed by atoms with Crippen LogP contribution in [0.5, 0.6) is 0 Å². The van der Waals surface area contributed by atoms with Crippen LogP contribution in [0, 0.1) is 11.3 Å². The Balaban J connectivity index is 1.75. The summed E-state index contributed by atoms with van der Waals surface area (Å²) in [5.41, 5.74) is 4.35. The monoisotopic (exact) mass is 432 g/mol. The van der Waals surface area contributed by atoms with E-state index in [2.05, 4.69) is 38.7 Å². The summed E-state index contributed by atoms with van der Waals surface area (Å²) in [6, 6.07) is 0. The molecule has 3 nitrogen and oxygen atoms in total. The molecule has 4 heteroatoms. The van der Waals surface area contributed by atoms with Crippen molar-refractivity contribution in [2.45, 2.75) is 95.7 Å². The van der Waals surface area contributed by atoms with Gasteiger partial charge < -0.3 is 15.3 Å². The largest absolute Gasteiger partial charge is 0.390 e. The van der Waals surface area contributed by atoms with Gasteiger partial charge in [0, 0.05) is 12.8 Å². The van der Waals surface area contributed by atoms with Gasteiger partial charge in [0.05, 0.1) is 11.7 Å². The Morgan fingerprint density at radius 3 is 2.73 bits per heavy atom. The number of rotatable bonds is 6. The van der Waals surface area contributed by atoms with Crippen LogP contribution in [-0.4, -0.2) is 37.7 Å². The van der Waals surface area contributed by atoms with Crippen LogP contribution in [-0.2, 0) is 0 Å². The molecule has 2 fully saturated rings. The quantitative estimate of drug-likeness (QED) is 0.373. The summed E-state index contributed by atoms with van der Waals surface area (Å²) in [6.07, 6.45) is 13.4. The average Bonchev–Trinajstić information content (AvgIpc) is 2.99. The summed E-state index contributed by atoms with van der Waals surface area (Å²) >= 11 is 1.44. The molecule has 3 aliphatic rings. The zero-order valence-corrected chi connectivity index (χ0v) is 20.0. The predicted molar refractivity (Wildman–Crippen MR) is 127 cm³/mol. The highest BCUT2D eigenvalue weighted by molar-refractivity contribution is 8.00. The van der Waals surface area contributed by atoms with E-state index >= 15 is 0 Å². The molecule has 168 valence electrons. The Morgan fingerprint density at radius 1 is 1.33 bits per heavy atom. The van der Waals surface area contributed by atoms with E-state index in [9.17, 15) is 15.3 Å². The van der Waals surface area contributed by atoms with Crippen molar-refractivity contribution >= 4 is 11.8 Å². The Labute approximate surface area is 187 Å². The molecule has 0 amide bonds. The molecule has 0 bridgehead atoms. The van der Waals surface area contributed by atoms with Crippen molar-refractivity contribution in [1.29, 1.82) is 0 Å². The molecule has 0 aromatic rings. The van der Waals surface area contributed by atoms with Crippen LogP contribution >= 0.6 is 11.8 Å². The summed E-state index contributed by atoms with van der Waals surface area (Å²) in [5.74, 6) is 1.24. The molecule has 0 heterocycles.